The number of ether oxygens (including phenoxy) is 1. The van der Waals surface area contributed by atoms with Crippen molar-refractivity contribution < 1.29 is 9.84 Å². The first kappa shape index (κ1) is 18.0. The molecule has 0 radical (unpaired) electrons. The fraction of sp³-hybridized carbons (Fsp3) is 0. The minimum Gasteiger partial charge on any atom is -0.508 e. The van der Waals surface area contributed by atoms with E-state index in [-0.39, 0.29) is 5.75 Å². The zero-order valence-corrected chi connectivity index (χ0v) is 16.4. The molecule has 30 heavy (non-hydrogen) atoms. The summed E-state index contributed by atoms with van der Waals surface area (Å²) >= 11 is 0. The van der Waals surface area contributed by atoms with Crippen LogP contribution in [0.3, 0.4) is 0 Å². The van der Waals surface area contributed by atoms with Gasteiger partial charge in [0.25, 0.3) is 0 Å². The van der Waals surface area contributed by atoms with Crippen LogP contribution in [0.1, 0.15) is 11.1 Å². The number of phenolic OH excluding ortho intramolecular Hbond substituents is 1. The fourth-order valence-corrected chi connectivity index (χ4v) is 3.99. The molecule has 0 spiro atoms. The average molecular weight is 388 g/mol. The fourth-order valence-electron chi connectivity index (χ4n) is 3.99. The number of fused-ring (bicyclic) bond motifs is 3. The minimum atomic E-state index is 0.228. The Hall–Kier alpha value is -4.04. The van der Waals surface area contributed by atoms with Crippen LogP contribution in [0.4, 0.5) is 0 Å². The summed E-state index contributed by atoms with van der Waals surface area (Å²) in [5, 5.41) is 16.4. The van der Waals surface area contributed by atoms with Gasteiger partial charge in [-0.1, -0.05) is 55.6 Å². The predicted molar refractivity (Wildman–Crippen MR) is 127 cm³/mol. The quantitative estimate of drug-likeness (QED) is 0.317. The van der Waals surface area contributed by atoms with Crippen LogP contribution in [0, 0.1) is 0 Å². The van der Waals surface area contributed by atoms with Gasteiger partial charge in [0.05, 0.1) is 0 Å². The number of hydrogen-bond acceptors (Lipinski definition) is 2. The monoisotopic (exact) mass is 388 g/mol. The zero-order chi connectivity index (χ0) is 20.7. The SMILES string of the molecule is C=Cc1cc(Oc2ccc3cc4c(C=C)cccc4cc3c2)cc2cc(O)ccc12. The lowest BCUT2D eigenvalue weighted by Gasteiger charge is -2.11. The van der Waals surface area contributed by atoms with E-state index in [1.54, 1.807) is 18.2 Å². The predicted octanol–water partition coefficient (Wildman–Crippen LogP) is 7.93. The molecule has 0 unspecified atom stereocenters. The summed E-state index contributed by atoms with van der Waals surface area (Å²) in [5.74, 6) is 1.69. The van der Waals surface area contributed by atoms with Crippen molar-refractivity contribution in [2.75, 3.05) is 0 Å². The van der Waals surface area contributed by atoms with Crippen molar-refractivity contribution in [3.05, 3.63) is 103 Å². The highest BCUT2D eigenvalue weighted by atomic mass is 16.5. The lowest BCUT2D eigenvalue weighted by molar-refractivity contribution is 0.476. The molecule has 0 bridgehead atoms. The Labute approximate surface area is 175 Å². The molecule has 2 nitrogen and oxygen atoms in total. The van der Waals surface area contributed by atoms with E-state index >= 15 is 0 Å². The van der Waals surface area contributed by atoms with Crippen LogP contribution >= 0.6 is 0 Å². The van der Waals surface area contributed by atoms with Gasteiger partial charge in [0.2, 0.25) is 0 Å². The van der Waals surface area contributed by atoms with E-state index in [0.29, 0.717) is 5.75 Å². The summed E-state index contributed by atoms with van der Waals surface area (Å²) in [6.07, 6.45) is 3.69. The van der Waals surface area contributed by atoms with Crippen molar-refractivity contribution in [2.45, 2.75) is 0 Å². The molecule has 5 rings (SSSR count). The largest absolute Gasteiger partial charge is 0.508 e. The van der Waals surface area contributed by atoms with Crippen LogP contribution < -0.4 is 4.74 Å². The lowest BCUT2D eigenvalue weighted by Crippen LogP contribution is -1.88. The van der Waals surface area contributed by atoms with Gasteiger partial charge in [-0.05, 0) is 92.0 Å². The maximum Gasteiger partial charge on any atom is 0.128 e. The summed E-state index contributed by atoms with van der Waals surface area (Å²) < 4.78 is 6.19. The Morgan fingerprint density at radius 2 is 1.43 bits per heavy atom. The summed E-state index contributed by atoms with van der Waals surface area (Å²) in [7, 11) is 0. The van der Waals surface area contributed by atoms with Crippen molar-refractivity contribution in [1.29, 1.82) is 0 Å². The van der Waals surface area contributed by atoms with E-state index in [1.165, 1.54) is 10.8 Å². The first-order valence-electron chi connectivity index (χ1n) is 9.81. The molecule has 1 N–H and O–H groups in total. The standard InChI is InChI=1S/C28H20O2/c1-3-18-6-5-7-21-12-22-15-25(10-8-20(22)17-28(18)21)30-26-14-19(4-2)27-11-9-24(29)13-23(27)16-26/h3-17,29H,1-2H2. The topological polar surface area (TPSA) is 29.5 Å². The number of aromatic hydroxyl groups is 1. The third-order valence-electron chi connectivity index (χ3n) is 5.46. The molecule has 0 aliphatic heterocycles. The summed E-state index contributed by atoms with van der Waals surface area (Å²) in [6, 6.07) is 25.9. The van der Waals surface area contributed by atoms with Crippen LogP contribution in [0.25, 0.3) is 44.5 Å². The second-order valence-electron chi connectivity index (χ2n) is 7.36. The van der Waals surface area contributed by atoms with E-state index in [9.17, 15) is 5.11 Å². The Kier molecular flexibility index (Phi) is 4.26. The Bertz CT molecular complexity index is 1460. The average Bonchev–Trinajstić information content (AvgIpc) is 2.76. The van der Waals surface area contributed by atoms with Crippen molar-refractivity contribution >= 4 is 44.5 Å². The third-order valence-corrected chi connectivity index (χ3v) is 5.46. The number of rotatable bonds is 4. The molecular weight excluding hydrogens is 368 g/mol. The lowest BCUT2D eigenvalue weighted by atomic mass is 9.99. The molecule has 2 heteroatoms. The Balaban J connectivity index is 1.59. The highest BCUT2D eigenvalue weighted by molar-refractivity contribution is 6.02. The summed E-state index contributed by atoms with van der Waals surface area (Å²) in [6.45, 7) is 7.83. The maximum atomic E-state index is 9.84. The van der Waals surface area contributed by atoms with Gasteiger partial charge in [0.15, 0.2) is 0 Å². The van der Waals surface area contributed by atoms with Crippen molar-refractivity contribution in [3.8, 4) is 17.2 Å². The van der Waals surface area contributed by atoms with Crippen LogP contribution in [0.2, 0.25) is 0 Å². The molecule has 0 aliphatic rings. The van der Waals surface area contributed by atoms with E-state index in [1.807, 2.05) is 36.4 Å². The second kappa shape index (κ2) is 7.09. The van der Waals surface area contributed by atoms with Crippen molar-refractivity contribution in [1.82, 2.24) is 0 Å². The van der Waals surface area contributed by atoms with Gasteiger partial charge in [-0.3, -0.25) is 0 Å². The zero-order valence-electron chi connectivity index (χ0n) is 16.4. The van der Waals surface area contributed by atoms with Gasteiger partial charge in [0, 0.05) is 0 Å². The second-order valence-corrected chi connectivity index (χ2v) is 7.36. The highest BCUT2D eigenvalue weighted by Crippen LogP contribution is 2.34. The van der Waals surface area contributed by atoms with E-state index in [4.69, 9.17) is 4.74 Å². The van der Waals surface area contributed by atoms with Crippen LogP contribution in [0.5, 0.6) is 17.2 Å². The van der Waals surface area contributed by atoms with Crippen LogP contribution in [-0.2, 0) is 0 Å². The molecule has 0 amide bonds. The molecule has 0 aliphatic carbocycles. The number of hydrogen-bond donors (Lipinski definition) is 1. The Morgan fingerprint density at radius 1 is 0.600 bits per heavy atom. The normalized spacial score (nSPS) is 11.1. The first-order valence-corrected chi connectivity index (χ1v) is 9.81. The molecule has 0 saturated carbocycles. The maximum absolute atomic E-state index is 9.84. The summed E-state index contributed by atoms with van der Waals surface area (Å²) in [5.41, 5.74) is 2.09. The molecule has 0 aromatic heterocycles. The molecule has 0 fully saturated rings. The summed E-state index contributed by atoms with van der Waals surface area (Å²) in [4.78, 5) is 0. The number of benzene rings is 5. The van der Waals surface area contributed by atoms with Gasteiger partial charge in [-0.15, -0.1) is 0 Å². The van der Waals surface area contributed by atoms with E-state index in [0.717, 1.165) is 38.4 Å². The van der Waals surface area contributed by atoms with Gasteiger partial charge in [-0.25, -0.2) is 0 Å². The molecular formula is C28H20O2. The van der Waals surface area contributed by atoms with Gasteiger partial charge in [0.1, 0.15) is 17.2 Å². The Morgan fingerprint density at radius 3 is 2.27 bits per heavy atom. The minimum absolute atomic E-state index is 0.228. The first-order chi connectivity index (χ1) is 14.6. The smallest absolute Gasteiger partial charge is 0.128 e. The van der Waals surface area contributed by atoms with Gasteiger partial charge < -0.3 is 9.84 Å². The molecule has 144 valence electrons. The van der Waals surface area contributed by atoms with E-state index in [2.05, 4.69) is 49.6 Å². The van der Waals surface area contributed by atoms with Gasteiger partial charge >= 0.3 is 0 Å². The molecule has 0 saturated heterocycles. The van der Waals surface area contributed by atoms with Crippen LogP contribution in [0.15, 0.2) is 92.0 Å². The van der Waals surface area contributed by atoms with Crippen LogP contribution in [-0.4, -0.2) is 5.11 Å². The van der Waals surface area contributed by atoms with E-state index < -0.39 is 0 Å². The molecule has 0 heterocycles. The third kappa shape index (κ3) is 3.09. The molecule has 0 atom stereocenters. The molecule has 5 aromatic carbocycles. The molecule has 5 aromatic rings. The number of phenols is 1. The highest BCUT2D eigenvalue weighted by Gasteiger charge is 2.07. The van der Waals surface area contributed by atoms with Gasteiger partial charge in [-0.2, -0.15) is 0 Å². The van der Waals surface area contributed by atoms with Crippen molar-refractivity contribution in [3.63, 3.8) is 0 Å². The van der Waals surface area contributed by atoms with Crippen molar-refractivity contribution in [2.24, 2.45) is 0 Å².